The monoisotopic (exact) mass is 385 g/mol. The molecule has 1 saturated carbocycles. The molecule has 140 valence electrons. The molecule has 25 heavy (non-hydrogen) atoms. The molecule has 3 nitrogen and oxygen atoms in total. The Morgan fingerprint density at radius 3 is 2.24 bits per heavy atom. The number of benzene rings is 1. The highest BCUT2D eigenvalue weighted by atomic mass is 35.5. The van der Waals surface area contributed by atoms with Gasteiger partial charge in [-0.2, -0.15) is 0 Å². The van der Waals surface area contributed by atoms with E-state index in [9.17, 15) is 0 Å². The zero-order valence-corrected chi connectivity index (χ0v) is 17.3. The van der Waals surface area contributed by atoms with Gasteiger partial charge in [0.25, 0.3) is 0 Å². The Morgan fingerprint density at radius 2 is 1.68 bits per heavy atom. The van der Waals surface area contributed by atoms with Gasteiger partial charge in [-0.1, -0.05) is 43.0 Å². The summed E-state index contributed by atoms with van der Waals surface area (Å²) in [6.07, 6.45) is 6.66. The molecule has 0 amide bonds. The molecule has 0 radical (unpaired) electrons. The van der Waals surface area contributed by atoms with Crippen molar-refractivity contribution < 1.29 is 9.31 Å². The van der Waals surface area contributed by atoms with Crippen LogP contribution in [0, 0.1) is 0 Å². The fraction of sp³-hybridized carbons (Fsp3) is 0.684. The first-order valence-corrected chi connectivity index (χ1v) is 9.54. The normalized spacial score (nSPS) is 22.7. The summed E-state index contributed by atoms with van der Waals surface area (Å²) in [4.78, 5) is 0. The van der Waals surface area contributed by atoms with Gasteiger partial charge >= 0.3 is 7.12 Å². The molecular weight excluding hydrogens is 356 g/mol. The average Bonchev–Trinajstić information content (AvgIpc) is 2.74. The van der Waals surface area contributed by atoms with Crippen molar-refractivity contribution in [3.63, 3.8) is 0 Å². The SMILES string of the molecule is CC1(C)OB(c2ccc(CNC3CCCCC3)cc2Cl)OC1(C)C.Cl. The predicted molar refractivity (Wildman–Crippen MR) is 108 cm³/mol. The van der Waals surface area contributed by atoms with Crippen molar-refractivity contribution in [2.24, 2.45) is 0 Å². The lowest BCUT2D eigenvalue weighted by atomic mass is 9.78. The van der Waals surface area contributed by atoms with Crippen LogP contribution in [-0.2, 0) is 15.9 Å². The van der Waals surface area contributed by atoms with Crippen molar-refractivity contribution in [3.05, 3.63) is 28.8 Å². The first-order valence-electron chi connectivity index (χ1n) is 9.16. The maximum atomic E-state index is 6.53. The fourth-order valence-electron chi connectivity index (χ4n) is 3.41. The summed E-state index contributed by atoms with van der Waals surface area (Å²) in [5, 5.41) is 4.38. The Balaban J connectivity index is 0.00000225. The highest BCUT2D eigenvalue weighted by Gasteiger charge is 2.52. The van der Waals surface area contributed by atoms with E-state index < -0.39 is 7.12 Å². The summed E-state index contributed by atoms with van der Waals surface area (Å²) in [5.74, 6) is 0. The molecular formula is C19H30BCl2NO2. The zero-order valence-electron chi connectivity index (χ0n) is 15.7. The van der Waals surface area contributed by atoms with Crippen LogP contribution in [-0.4, -0.2) is 24.4 Å². The van der Waals surface area contributed by atoms with Gasteiger partial charge in [0.15, 0.2) is 0 Å². The third-order valence-electron chi connectivity index (χ3n) is 5.77. The Labute approximate surface area is 163 Å². The summed E-state index contributed by atoms with van der Waals surface area (Å²) in [7, 11) is -0.400. The topological polar surface area (TPSA) is 30.5 Å². The number of hydrogen-bond acceptors (Lipinski definition) is 3. The zero-order chi connectivity index (χ0) is 17.4. The molecule has 2 aliphatic rings. The Kier molecular flexibility index (Phi) is 6.89. The third-order valence-corrected chi connectivity index (χ3v) is 6.10. The van der Waals surface area contributed by atoms with Gasteiger partial charge in [-0.05, 0) is 52.2 Å². The lowest BCUT2D eigenvalue weighted by molar-refractivity contribution is 0.00578. The number of halogens is 2. The van der Waals surface area contributed by atoms with E-state index in [0.29, 0.717) is 6.04 Å². The van der Waals surface area contributed by atoms with Crippen LogP contribution in [0.15, 0.2) is 18.2 Å². The minimum absolute atomic E-state index is 0. The van der Waals surface area contributed by atoms with Gasteiger partial charge in [-0.15, -0.1) is 12.4 Å². The van der Waals surface area contributed by atoms with Gasteiger partial charge in [0.1, 0.15) is 0 Å². The van der Waals surface area contributed by atoms with Crippen molar-refractivity contribution >= 4 is 36.6 Å². The Bertz CT molecular complexity index is 573. The summed E-state index contributed by atoms with van der Waals surface area (Å²) < 4.78 is 12.2. The highest BCUT2D eigenvalue weighted by Crippen LogP contribution is 2.37. The van der Waals surface area contributed by atoms with E-state index in [4.69, 9.17) is 20.9 Å². The Morgan fingerprint density at radius 1 is 1.08 bits per heavy atom. The summed E-state index contributed by atoms with van der Waals surface area (Å²) in [5.41, 5.74) is 1.44. The van der Waals surface area contributed by atoms with E-state index in [-0.39, 0.29) is 23.6 Å². The average molecular weight is 386 g/mol. The quantitative estimate of drug-likeness (QED) is 0.774. The molecule has 0 aromatic heterocycles. The summed E-state index contributed by atoms with van der Waals surface area (Å²) in [6.45, 7) is 9.10. The molecule has 1 aliphatic carbocycles. The second kappa shape index (κ2) is 8.18. The molecule has 1 aliphatic heterocycles. The van der Waals surface area contributed by atoms with Crippen LogP contribution < -0.4 is 10.8 Å². The molecule has 0 spiro atoms. The number of rotatable bonds is 4. The third kappa shape index (κ3) is 4.73. The van der Waals surface area contributed by atoms with Crippen LogP contribution in [0.3, 0.4) is 0 Å². The van der Waals surface area contributed by atoms with Crippen LogP contribution in [0.25, 0.3) is 0 Å². The van der Waals surface area contributed by atoms with E-state index in [1.807, 2.05) is 12.1 Å². The van der Waals surface area contributed by atoms with Crippen LogP contribution in [0.5, 0.6) is 0 Å². The maximum absolute atomic E-state index is 6.53. The first-order chi connectivity index (χ1) is 11.3. The fourth-order valence-corrected chi connectivity index (χ4v) is 3.70. The summed E-state index contributed by atoms with van der Waals surface area (Å²) in [6, 6.07) is 6.86. The Hall–Kier alpha value is -0.255. The molecule has 0 unspecified atom stereocenters. The number of nitrogens with one attached hydrogen (secondary N) is 1. The largest absolute Gasteiger partial charge is 0.496 e. The van der Waals surface area contributed by atoms with Gasteiger partial charge in [-0.3, -0.25) is 0 Å². The lowest BCUT2D eigenvalue weighted by Crippen LogP contribution is -2.41. The smallest absolute Gasteiger partial charge is 0.399 e. The molecule has 1 aromatic carbocycles. The van der Waals surface area contributed by atoms with Crippen molar-refractivity contribution in [2.75, 3.05) is 0 Å². The molecule has 1 N–H and O–H groups in total. The maximum Gasteiger partial charge on any atom is 0.496 e. The van der Waals surface area contributed by atoms with Crippen LogP contribution in [0.2, 0.25) is 5.02 Å². The van der Waals surface area contributed by atoms with Crippen molar-refractivity contribution in [3.8, 4) is 0 Å². The van der Waals surface area contributed by atoms with Crippen LogP contribution >= 0.6 is 24.0 Å². The molecule has 6 heteroatoms. The minimum atomic E-state index is -0.400. The minimum Gasteiger partial charge on any atom is -0.399 e. The molecule has 1 heterocycles. The molecule has 1 aromatic rings. The standard InChI is InChI=1S/C19H29BClNO2.ClH/c1-18(2)19(3,4)24-20(23-18)16-11-10-14(12-17(16)21)13-22-15-8-6-5-7-9-15;/h10-12,15,22H,5-9,13H2,1-4H3;1H. The molecule has 0 bridgehead atoms. The van der Waals surface area contributed by atoms with Crippen molar-refractivity contribution in [1.82, 2.24) is 5.32 Å². The van der Waals surface area contributed by atoms with Crippen LogP contribution in [0.4, 0.5) is 0 Å². The van der Waals surface area contributed by atoms with Gasteiger partial charge in [0.2, 0.25) is 0 Å². The van der Waals surface area contributed by atoms with Crippen LogP contribution in [0.1, 0.15) is 65.4 Å². The predicted octanol–water partition coefficient (Wildman–Crippen LogP) is 4.48. The second-order valence-electron chi connectivity index (χ2n) is 8.16. The van der Waals surface area contributed by atoms with E-state index in [1.165, 1.54) is 37.7 Å². The second-order valence-corrected chi connectivity index (χ2v) is 8.57. The van der Waals surface area contributed by atoms with E-state index >= 15 is 0 Å². The molecule has 0 atom stereocenters. The molecule has 1 saturated heterocycles. The van der Waals surface area contributed by atoms with Crippen molar-refractivity contribution in [2.45, 2.75) is 83.6 Å². The van der Waals surface area contributed by atoms with E-state index in [1.54, 1.807) is 0 Å². The van der Waals surface area contributed by atoms with Gasteiger partial charge in [0.05, 0.1) is 11.2 Å². The van der Waals surface area contributed by atoms with Gasteiger partial charge in [0, 0.05) is 23.1 Å². The van der Waals surface area contributed by atoms with Crippen molar-refractivity contribution in [1.29, 1.82) is 0 Å². The molecule has 2 fully saturated rings. The van der Waals surface area contributed by atoms with E-state index in [0.717, 1.165) is 17.0 Å². The summed E-state index contributed by atoms with van der Waals surface area (Å²) >= 11 is 6.53. The van der Waals surface area contributed by atoms with E-state index in [2.05, 4.69) is 39.1 Å². The number of hydrogen-bond donors (Lipinski definition) is 1. The lowest BCUT2D eigenvalue weighted by Gasteiger charge is -2.32. The van der Waals surface area contributed by atoms with Gasteiger partial charge < -0.3 is 14.6 Å². The highest BCUT2D eigenvalue weighted by molar-refractivity contribution is 6.65. The first kappa shape index (κ1) is 21.0. The van der Waals surface area contributed by atoms with Gasteiger partial charge in [-0.25, -0.2) is 0 Å². The molecule has 3 rings (SSSR count).